The fourth-order valence-electron chi connectivity index (χ4n) is 14.6. The van der Waals surface area contributed by atoms with Crippen LogP contribution in [0.2, 0.25) is 0 Å². The number of benzene rings is 12. The molecule has 8 heterocycles. The van der Waals surface area contributed by atoms with Crippen LogP contribution in [0.5, 0.6) is 0 Å². The summed E-state index contributed by atoms with van der Waals surface area (Å²) in [5, 5.41) is 11.2. The van der Waals surface area contributed by atoms with Crippen molar-refractivity contribution < 1.29 is 0 Å². The second-order valence-corrected chi connectivity index (χ2v) is 25.4. The molecule has 0 spiro atoms. The van der Waals surface area contributed by atoms with Gasteiger partial charge in [-0.05, 0) is 157 Å². The summed E-state index contributed by atoms with van der Waals surface area (Å²) in [4.78, 5) is 13.9. The van der Waals surface area contributed by atoms with Crippen LogP contribution in [0.3, 0.4) is 0 Å². The Bertz CT molecular complexity index is 6240. The minimum Gasteiger partial charge on any atom is -0.322 e. The van der Waals surface area contributed by atoms with Gasteiger partial charge in [0.1, 0.15) is 5.82 Å². The van der Waals surface area contributed by atoms with Crippen molar-refractivity contribution in [3.05, 3.63) is 389 Å². The Labute approximate surface area is 588 Å². The maximum Gasteiger partial charge on any atom is 0.137 e. The van der Waals surface area contributed by atoms with Crippen molar-refractivity contribution in [2.75, 3.05) is 0 Å². The van der Waals surface area contributed by atoms with Gasteiger partial charge in [-0.3, -0.25) is 9.98 Å². The Balaban J connectivity index is 0.000000110. The first-order valence-corrected chi connectivity index (χ1v) is 34.3. The molecule has 0 saturated heterocycles. The Hall–Kier alpha value is -13.9. The zero-order valence-electron chi connectivity index (χ0n) is 55.6. The van der Waals surface area contributed by atoms with Gasteiger partial charge in [-0.1, -0.05) is 195 Å². The lowest BCUT2D eigenvalue weighted by atomic mass is 10.1. The molecule has 9 heteroatoms. The molecule has 0 fully saturated rings. The van der Waals surface area contributed by atoms with Crippen LogP contribution in [0.25, 0.3) is 155 Å². The van der Waals surface area contributed by atoms with Crippen LogP contribution in [0.4, 0.5) is 0 Å². The normalized spacial score (nSPS) is 11.8. The molecule has 0 aliphatic rings. The van der Waals surface area contributed by atoms with Crippen LogP contribution in [-0.2, 0) is 0 Å². The van der Waals surface area contributed by atoms with E-state index in [2.05, 4.69) is 342 Å². The maximum absolute atomic E-state index is 4.81. The first-order chi connectivity index (χ1) is 50.6. The van der Waals surface area contributed by atoms with E-state index >= 15 is 0 Å². The summed E-state index contributed by atoms with van der Waals surface area (Å²) in [6.07, 6.45) is 15.8. The van der Waals surface area contributed by atoms with Crippen molar-refractivity contribution in [2.24, 2.45) is 4.99 Å². The van der Waals surface area contributed by atoms with Gasteiger partial charge in [-0.15, -0.1) is 0 Å². The lowest BCUT2D eigenvalue weighted by Crippen LogP contribution is -1.97. The number of fused-ring (bicyclic) bond motifs is 12. The Morgan fingerprint density at radius 2 is 0.755 bits per heavy atom. The number of rotatable bonds is 11. The van der Waals surface area contributed by atoms with E-state index in [9.17, 15) is 0 Å². The molecular weight excluding hydrogens is 1240 g/mol. The van der Waals surface area contributed by atoms with Crippen LogP contribution in [0.1, 0.15) is 5.56 Å². The molecule has 102 heavy (non-hydrogen) atoms. The van der Waals surface area contributed by atoms with Crippen LogP contribution in [0, 0.1) is 0 Å². The number of aliphatic imine (C=N–C) groups is 1. The molecule has 0 aliphatic carbocycles. The Kier molecular flexibility index (Phi) is 15.5. The van der Waals surface area contributed by atoms with E-state index in [1.54, 1.807) is 6.08 Å². The molecule has 0 amide bonds. The van der Waals surface area contributed by atoms with Gasteiger partial charge in [0.05, 0.1) is 61.1 Å². The van der Waals surface area contributed by atoms with Crippen molar-refractivity contribution in [3.8, 4) is 51.0 Å². The molecule has 9 nitrogen and oxygen atoms in total. The highest BCUT2D eigenvalue weighted by atomic mass is 15.1. The zero-order valence-corrected chi connectivity index (χ0v) is 55.6. The highest BCUT2D eigenvalue weighted by molar-refractivity contribution is 6.16. The third-order valence-corrected chi connectivity index (χ3v) is 19.4. The van der Waals surface area contributed by atoms with Crippen molar-refractivity contribution >= 4 is 110 Å². The number of allylic oxidation sites excluding steroid dienone is 1. The Morgan fingerprint density at radius 3 is 1.25 bits per heavy atom. The molecule has 12 aromatic carbocycles. The van der Waals surface area contributed by atoms with Gasteiger partial charge in [0, 0.05) is 131 Å². The molecule has 0 aliphatic heterocycles. The molecule has 0 unspecified atom stereocenters. The summed E-state index contributed by atoms with van der Waals surface area (Å²) in [6, 6.07) is 117. The standard InChI is InChI=1S/2C31H21N3.C31H23N3/c1-3-9-22(10-4-1)24-15-16-31(32-21-24)33-18-17-23-19-27-26-13-7-8-14-28(26)34(30(27)20-29(23)33)25-11-5-2-6-12-25;1-2-8-25(9-3-1)34-29-12-5-4-10-26(29)27-20-23-17-19-33(30(23)21-31(27)34)24-15-13-22(14-16-24)28-11-6-7-18-32-28;1-2-28(23-11-5-3-6-12-23)32-18-20-33-19-17-24-21-27-26-15-9-10-16-29(26)34(31(27)22-30(24)33)25-13-7-4-8-14-25/h2*1-21H;2-22H,1H2/b;;20-18+,32-28?. The van der Waals surface area contributed by atoms with E-state index in [0.29, 0.717) is 0 Å². The summed E-state index contributed by atoms with van der Waals surface area (Å²) < 4.78 is 13.6. The molecule has 0 radical (unpaired) electrons. The minimum absolute atomic E-state index is 0.847. The van der Waals surface area contributed by atoms with Gasteiger partial charge in [-0.25, -0.2) is 4.98 Å². The highest BCUT2D eigenvalue weighted by Crippen LogP contribution is 2.40. The van der Waals surface area contributed by atoms with Gasteiger partial charge in [-0.2, -0.15) is 0 Å². The minimum atomic E-state index is 0.847. The first-order valence-electron chi connectivity index (χ1n) is 34.3. The molecule has 0 N–H and O–H groups in total. The fraction of sp³-hybridized carbons (Fsp3) is 0. The lowest BCUT2D eigenvalue weighted by molar-refractivity contribution is 1.04. The second-order valence-electron chi connectivity index (χ2n) is 25.4. The van der Waals surface area contributed by atoms with Crippen LogP contribution in [-0.4, -0.2) is 43.1 Å². The summed E-state index contributed by atoms with van der Waals surface area (Å²) in [6.45, 7) is 3.92. The van der Waals surface area contributed by atoms with E-state index in [0.717, 1.165) is 62.0 Å². The van der Waals surface area contributed by atoms with E-state index in [-0.39, 0.29) is 0 Å². The van der Waals surface area contributed by atoms with E-state index in [4.69, 9.17) is 4.98 Å². The Morgan fingerprint density at radius 1 is 0.314 bits per heavy atom. The molecule has 0 bridgehead atoms. The average molecular weight is 1310 g/mol. The molecule has 20 aromatic rings. The summed E-state index contributed by atoms with van der Waals surface area (Å²) in [7, 11) is 0. The van der Waals surface area contributed by atoms with Crippen molar-refractivity contribution in [2.45, 2.75) is 0 Å². The van der Waals surface area contributed by atoms with Crippen LogP contribution >= 0.6 is 0 Å². The molecule has 20 rings (SSSR count). The predicted octanol–water partition coefficient (Wildman–Crippen LogP) is 23.4. The van der Waals surface area contributed by atoms with Crippen molar-refractivity contribution in [1.29, 1.82) is 0 Å². The summed E-state index contributed by atoms with van der Waals surface area (Å²) >= 11 is 0. The molecule has 482 valence electrons. The number of hydrogen-bond acceptors (Lipinski definition) is 3. The number of aromatic nitrogens is 8. The second kappa shape index (κ2) is 26.2. The SMILES string of the molecule is C=CC(=N/C=C/n1ccc2cc3c4ccccc4n(-c4ccccc4)c3cc21)c1ccccc1.c1ccc(-c2ccc(-n3ccc4cc5c6ccccc6n(-c6ccccc6)c5cc43)nc2)cc1.c1ccc(-n2c3ccccc3c3cc4ccn(-c5ccc(-c6ccccn6)cc5)c4cc32)cc1. The molecule has 0 saturated carbocycles. The molecular formula is C93H65N9. The first kappa shape index (κ1) is 60.5. The van der Waals surface area contributed by atoms with Crippen molar-refractivity contribution in [3.63, 3.8) is 0 Å². The number of pyridine rings is 2. The van der Waals surface area contributed by atoms with Gasteiger partial charge in [0.2, 0.25) is 0 Å². The summed E-state index contributed by atoms with van der Waals surface area (Å²) in [5.41, 5.74) is 21.6. The van der Waals surface area contributed by atoms with Gasteiger partial charge in [0.15, 0.2) is 0 Å². The number of para-hydroxylation sites is 6. The average Bonchev–Trinajstić information content (AvgIpc) is 1.59. The monoisotopic (exact) mass is 1310 g/mol. The van der Waals surface area contributed by atoms with E-state index in [1.807, 2.05) is 79.4 Å². The molecule has 8 aromatic heterocycles. The van der Waals surface area contributed by atoms with Crippen molar-refractivity contribution in [1.82, 2.24) is 37.4 Å². The van der Waals surface area contributed by atoms with E-state index in [1.165, 1.54) is 98.3 Å². The highest BCUT2D eigenvalue weighted by Gasteiger charge is 2.19. The quantitative estimate of drug-likeness (QED) is 0.121. The maximum atomic E-state index is 4.81. The number of nitrogens with zero attached hydrogens (tertiary/aromatic N) is 9. The largest absolute Gasteiger partial charge is 0.322 e. The molecule has 0 atom stereocenters. The topological polar surface area (TPSA) is 67.7 Å². The third kappa shape index (κ3) is 11.0. The third-order valence-electron chi connectivity index (χ3n) is 19.4. The smallest absolute Gasteiger partial charge is 0.137 e. The lowest BCUT2D eigenvalue weighted by Gasteiger charge is -2.10. The van der Waals surface area contributed by atoms with Gasteiger partial charge < -0.3 is 27.4 Å². The van der Waals surface area contributed by atoms with Crippen LogP contribution < -0.4 is 0 Å². The van der Waals surface area contributed by atoms with E-state index < -0.39 is 0 Å². The zero-order chi connectivity index (χ0) is 67.9. The fourth-order valence-corrected chi connectivity index (χ4v) is 14.6. The van der Waals surface area contributed by atoms with Gasteiger partial charge >= 0.3 is 0 Å². The van der Waals surface area contributed by atoms with Gasteiger partial charge in [0.25, 0.3) is 0 Å². The number of hydrogen-bond donors (Lipinski definition) is 0. The van der Waals surface area contributed by atoms with Crippen LogP contribution in [0.15, 0.2) is 388 Å². The predicted molar refractivity (Wildman–Crippen MR) is 426 cm³/mol. The summed E-state index contributed by atoms with van der Waals surface area (Å²) in [5.74, 6) is 0.913.